The molecular weight excluding hydrogens is 492 g/mol. The number of amides is 1. The molecule has 0 radical (unpaired) electrons. The van der Waals surface area contributed by atoms with E-state index >= 15 is 0 Å². The number of anilines is 1. The van der Waals surface area contributed by atoms with Gasteiger partial charge in [-0.2, -0.15) is 4.31 Å². The number of hydrogen-bond donors (Lipinski definition) is 0. The Morgan fingerprint density at radius 3 is 2.22 bits per heavy atom. The molecule has 36 heavy (non-hydrogen) atoms. The Balaban J connectivity index is 1.93. The van der Waals surface area contributed by atoms with Gasteiger partial charge in [-0.3, -0.25) is 9.69 Å². The Labute approximate surface area is 218 Å². The lowest BCUT2D eigenvalue weighted by molar-refractivity contribution is 0.0983. The highest BCUT2D eigenvalue weighted by atomic mass is 32.2. The zero-order valence-corrected chi connectivity index (χ0v) is 22.8. The van der Waals surface area contributed by atoms with Gasteiger partial charge in [-0.25, -0.2) is 13.4 Å². The van der Waals surface area contributed by atoms with Crippen LogP contribution in [0, 0.1) is 6.92 Å². The van der Waals surface area contributed by atoms with E-state index < -0.39 is 10.0 Å². The first-order valence-corrected chi connectivity index (χ1v) is 14.2. The topological polar surface area (TPSA) is 73.8 Å². The number of carbonyl (C=O) groups is 1. The minimum atomic E-state index is -3.74. The van der Waals surface area contributed by atoms with Gasteiger partial charge in [0.15, 0.2) is 5.13 Å². The second kappa shape index (κ2) is 12.4. The van der Waals surface area contributed by atoms with Crippen LogP contribution < -0.4 is 4.90 Å². The van der Waals surface area contributed by atoms with E-state index in [2.05, 4.69) is 38.0 Å². The highest BCUT2D eigenvalue weighted by Crippen LogP contribution is 2.30. The number of aryl methyl sites for hydroxylation is 1. The Bertz CT molecular complexity index is 1300. The summed E-state index contributed by atoms with van der Waals surface area (Å²) in [7, 11) is -3.74. The van der Waals surface area contributed by atoms with Crippen molar-refractivity contribution in [2.24, 2.45) is 0 Å². The quantitative estimate of drug-likeness (QED) is 0.295. The van der Waals surface area contributed by atoms with E-state index in [-0.39, 0.29) is 23.9 Å². The Morgan fingerprint density at radius 1 is 1.00 bits per heavy atom. The number of hydrogen-bond acceptors (Lipinski definition) is 6. The van der Waals surface area contributed by atoms with E-state index in [1.807, 2.05) is 19.1 Å². The fourth-order valence-electron chi connectivity index (χ4n) is 3.83. The molecule has 0 fully saturated rings. The van der Waals surface area contributed by atoms with E-state index in [0.717, 1.165) is 28.9 Å². The number of nitrogens with zero attached hydrogens (tertiary/aromatic N) is 4. The summed E-state index contributed by atoms with van der Waals surface area (Å²) in [5, 5.41) is 0.632. The molecule has 0 aliphatic heterocycles. The van der Waals surface area contributed by atoms with Crippen LogP contribution in [-0.4, -0.2) is 67.8 Å². The van der Waals surface area contributed by atoms with Crippen LogP contribution in [0.1, 0.15) is 29.8 Å². The third-order valence-corrected chi connectivity index (χ3v) is 8.83. The molecule has 9 heteroatoms. The maximum absolute atomic E-state index is 13.7. The maximum Gasteiger partial charge on any atom is 0.260 e. The molecule has 1 amide bonds. The van der Waals surface area contributed by atoms with Crippen LogP contribution in [0.3, 0.4) is 0 Å². The van der Waals surface area contributed by atoms with Crippen molar-refractivity contribution in [1.29, 1.82) is 0 Å². The molecule has 0 bridgehead atoms. The molecule has 0 aliphatic rings. The van der Waals surface area contributed by atoms with E-state index in [1.54, 1.807) is 17.0 Å². The number of aromatic nitrogens is 1. The van der Waals surface area contributed by atoms with Crippen LogP contribution in [-0.2, 0) is 10.0 Å². The van der Waals surface area contributed by atoms with Crippen LogP contribution in [0.2, 0.25) is 0 Å². The first kappa shape index (κ1) is 27.7. The fourth-order valence-corrected chi connectivity index (χ4v) is 6.30. The maximum atomic E-state index is 13.7. The standard InChI is InChI=1S/C27H34N4O3S2/c1-6-16-30(17-7-2)36(33,34)23-13-11-22(12-14-23)26(32)31(19-18-29(8-3)9-4)27-28-24-15-10-21(5)20-25(24)35-27/h6-7,10-15,20H,1-2,8-9,16-19H2,3-5H3. The summed E-state index contributed by atoms with van der Waals surface area (Å²) >= 11 is 1.49. The lowest BCUT2D eigenvalue weighted by Gasteiger charge is -2.25. The van der Waals surface area contributed by atoms with E-state index in [0.29, 0.717) is 23.8 Å². The van der Waals surface area contributed by atoms with Gasteiger partial charge in [-0.15, -0.1) is 13.2 Å². The lowest BCUT2D eigenvalue weighted by Crippen LogP contribution is -2.39. The van der Waals surface area contributed by atoms with E-state index in [4.69, 9.17) is 4.98 Å². The summed E-state index contributed by atoms with van der Waals surface area (Å²) in [6.45, 7) is 16.8. The van der Waals surface area contributed by atoms with Crippen LogP contribution in [0.15, 0.2) is 72.7 Å². The molecular formula is C27H34N4O3S2. The van der Waals surface area contributed by atoms with Gasteiger partial charge in [0.2, 0.25) is 10.0 Å². The minimum Gasteiger partial charge on any atom is -0.302 e. The molecule has 0 aliphatic carbocycles. The summed E-state index contributed by atoms with van der Waals surface area (Å²) < 4.78 is 28.4. The van der Waals surface area contributed by atoms with Crippen molar-refractivity contribution in [3.05, 3.63) is 78.9 Å². The van der Waals surface area contributed by atoms with Gasteiger partial charge in [-0.05, 0) is 62.0 Å². The lowest BCUT2D eigenvalue weighted by atomic mass is 10.2. The highest BCUT2D eigenvalue weighted by Gasteiger charge is 2.25. The van der Waals surface area contributed by atoms with Crippen LogP contribution in [0.4, 0.5) is 5.13 Å². The number of carbonyl (C=O) groups excluding carboxylic acids is 1. The average molecular weight is 527 g/mol. The molecule has 0 N–H and O–H groups in total. The Kier molecular flexibility index (Phi) is 9.56. The third kappa shape index (κ3) is 6.28. The number of rotatable bonds is 13. The van der Waals surface area contributed by atoms with Crippen molar-refractivity contribution < 1.29 is 13.2 Å². The molecule has 0 spiro atoms. The van der Waals surface area contributed by atoms with Crippen molar-refractivity contribution in [3.8, 4) is 0 Å². The largest absolute Gasteiger partial charge is 0.302 e. The monoisotopic (exact) mass is 526 g/mol. The molecule has 192 valence electrons. The number of thiazole rings is 1. The highest BCUT2D eigenvalue weighted by molar-refractivity contribution is 7.89. The molecule has 1 heterocycles. The second-order valence-corrected chi connectivity index (χ2v) is 11.3. The van der Waals surface area contributed by atoms with Crippen LogP contribution in [0.5, 0.6) is 0 Å². The van der Waals surface area contributed by atoms with Gasteiger partial charge in [0.1, 0.15) is 0 Å². The van der Waals surface area contributed by atoms with E-state index in [9.17, 15) is 13.2 Å². The molecule has 3 aromatic rings. The fraction of sp³-hybridized carbons (Fsp3) is 0.333. The van der Waals surface area contributed by atoms with Crippen LogP contribution in [0.25, 0.3) is 10.2 Å². The van der Waals surface area contributed by atoms with Gasteiger partial charge < -0.3 is 4.90 Å². The molecule has 0 saturated heterocycles. The first-order valence-electron chi connectivity index (χ1n) is 12.0. The minimum absolute atomic E-state index is 0.118. The van der Waals surface area contributed by atoms with Gasteiger partial charge in [0.05, 0.1) is 15.1 Å². The molecule has 2 aromatic carbocycles. The van der Waals surface area contributed by atoms with Gasteiger partial charge in [0.25, 0.3) is 5.91 Å². The number of sulfonamides is 1. The van der Waals surface area contributed by atoms with Crippen molar-refractivity contribution in [1.82, 2.24) is 14.2 Å². The number of likely N-dealkylation sites (N-methyl/N-ethyl adjacent to an activating group) is 1. The normalized spacial score (nSPS) is 11.8. The average Bonchev–Trinajstić information content (AvgIpc) is 3.29. The van der Waals surface area contributed by atoms with E-state index in [1.165, 1.54) is 39.9 Å². The molecule has 3 rings (SSSR count). The predicted molar refractivity (Wildman–Crippen MR) is 149 cm³/mol. The molecule has 0 unspecified atom stereocenters. The zero-order chi connectivity index (χ0) is 26.3. The summed E-state index contributed by atoms with van der Waals surface area (Å²) in [5.41, 5.74) is 2.40. The smallest absolute Gasteiger partial charge is 0.260 e. The molecule has 0 saturated carbocycles. The van der Waals surface area contributed by atoms with Gasteiger partial charge in [-0.1, -0.05) is 43.4 Å². The summed E-state index contributed by atoms with van der Waals surface area (Å²) in [6, 6.07) is 12.1. The first-order chi connectivity index (χ1) is 17.2. The van der Waals surface area contributed by atoms with Gasteiger partial charge in [0, 0.05) is 31.7 Å². The zero-order valence-electron chi connectivity index (χ0n) is 21.2. The van der Waals surface area contributed by atoms with Crippen molar-refractivity contribution in [3.63, 3.8) is 0 Å². The van der Waals surface area contributed by atoms with Crippen molar-refractivity contribution in [2.45, 2.75) is 25.7 Å². The Hall–Kier alpha value is -2.85. The summed E-state index contributed by atoms with van der Waals surface area (Å²) in [6.07, 6.45) is 3.07. The number of fused-ring (bicyclic) bond motifs is 1. The Morgan fingerprint density at radius 2 is 1.64 bits per heavy atom. The van der Waals surface area contributed by atoms with Gasteiger partial charge >= 0.3 is 0 Å². The molecule has 0 atom stereocenters. The third-order valence-electron chi connectivity index (χ3n) is 5.95. The summed E-state index contributed by atoms with van der Waals surface area (Å²) in [5.74, 6) is -0.212. The molecule has 7 nitrogen and oxygen atoms in total. The molecule has 1 aromatic heterocycles. The second-order valence-electron chi connectivity index (χ2n) is 8.38. The van der Waals surface area contributed by atoms with Crippen molar-refractivity contribution >= 4 is 42.6 Å². The van der Waals surface area contributed by atoms with Crippen molar-refractivity contribution in [2.75, 3.05) is 44.2 Å². The summed E-state index contributed by atoms with van der Waals surface area (Å²) in [4.78, 5) is 22.5. The number of benzene rings is 2. The predicted octanol–water partition coefficient (Wildman–Crippen LogP) is 4.96. The van der Waals surface area contributed by atoms with Crippen LogP contribution >= 0.6 is 11.3 Å². The SMILES string of the molecule is C=CCN(CC=C)S(=O)(=O)c1ccc(C(=O)N(CCN(CC)CC)c2nc3ccc(C)cc3s2)cc1.